The second-order valence-corrected chi connectivity index (χ2v) is 4.79. The van der Waals surface area contributed by atoms with Crippen LogP contribution in [0.3, 0.4) is 0 Å². The average Bonchev–Trinajstić information content (AvgIpc) is 2.45. The molecule has 3 nitrogen and oxygen atoms in total. The van der Waals surface area contributed by atoms with Crippen molar-refractivity contribution in [1.29, 1.82) is 5.26 Å². The number of hydrogen-bond acceptors (Lipinski definition) is 2. The van der Waals surface area contributed by atoms with Crippen molar-refractivity contribution >= 4 is 0 Å². The van der Waals surface area contributed by atoms with Crippen molar-refractivity contribution in [3.63, 3.8) is 0 Å². The molecule has 0 N–H and O–H groups in total. The lowest BCUT2D eigenvalue weighted by atomic mass is 9.82. The van der Waals surface area contributed by atoms with Crippen LogP contribution >= 0.6 is 0 Å². The van der Waals surface area contributed by atoms with Crippen LogP contribution in [0.2, 0.25) is 0 Å². The zero-order chi connectivity index (χ0) is 10.8. The van der Waals surface area contributed by atoms with Gasteiger partial charge >= 0.3 is 0 Å². The zero-order valence-corrected chi connectivity index (χ0v) is 9.28. The highest BCUT2D eigenvalue weighted by Crippen LogP contribution is 2.26. The van der Waals surface area contributed by atoms with Crippen molar-refractivity contribution in [2.24, 2.45) is 11.3 Å². The third kappa shape index (κ3) is 2.59. The summed E-state index contributed by atoms with van der Waals surface area (Å²) in [6, 6.07) is 2.34. The van der Waals surface area contributed by atoms with Crippen LogP contribution in [-0.4, -0.2) is 9.78 Å². The van der Waals surface area contributed by atoms with Gasteiger partial charge in [0.15, 0.2) is 0 Å². The fourth-order valence-electron chi connectivity index (χ4n) is 1.26. The Kier molecular flexibility index (Phi) is 2.95. The Labute approximate surface area is 85.4 Å². The monoisotopic (exact) mass is 191 g/mol. The van der Waals surface area contributed by atoms with E-state index >= 15 is 0 Å². The maximum atomic E-state index is 9.04. The normalized spacial score (nSPS) is 13.6. The van der Waals surface area contributed by atoms with Crippen molar-refractivity contribution in [1.82, 2.24) is 9.78 Å². The number of nitrogens with zero attached hydrogens (tertiary/aromatic N) is 3. The third-order valence-electron chi connectivity index (χ3n) is 2.33. The minimum atomic E-state index is 0.00167. The van der Waals surface area contributed by atoms with E-state index in [1.807, 2.05) is 24.0 Å². The van der Waals surface area contributed by atoms with Gasteiger partial charge in [0.05, 0.1) is 24.7 Å². The van der Waals surface area contributed by atoms with Gasteiger partial charge in [-0.3, -0.25) is 4.68 Å². The third-order valence-corrected chi connectivity index (χ3v) is 2.33. The topological polar surface area (TPSA) is 41.6 Å². The maximum Gasteiger partial charge on any atom is 0.0707 e. The lowest BCUT2D eigenvalue weighted by Gasteiger charge is -2.24. The molecule has 1 heterocycles. The van der Waals surface area contributed by atoms with Gasteiger partial charge in [-0.15, -0.1) is 0 Å². The summed E-state index contributed by atoms with van der Waals surface area (Å²) >= 11 is 0. The van der Waals surface area contributed by atoms with Crippen molar-refractivity contribution in [2.75, 3.05) is 0 Å². The van der Waals surface area contributed by atoms with Gasteiger partial charge in [-0.25, -0.2) is 0 Å². The van der Waals surface area contributed by atoms with Gasteiger partial charge in [0.25, 0.3) is 0 Å². The summed E-state index contributed by atoms with van der Waals surface area (Å²) in [6.07, 6.45) is 3.78. The summed E-state index contributed by atoms with van der Waals surface area (Å²) in [6.45, 7) is 8.92. The van der Waals surface area contributed by atoms with Gasteiger partial charge in [-0.2, -0.15) is 10.4 Å². The van der Waals surface area contributed by atoms with Crippen molar-refractivity contribution in [2.45, 2.75) is 34.2 Å². The number of aromatic nitrogens is 2. The van der Waals surface area contributed by atoms with E-state index in [4.69, 9.17) is 5.26 Å². The smallest absolute Gasteiger partial charge is 0.0707 e. The first-order valence-electron chi connectivity index (χ1n) is 4.82. The Morgan fingerprint density at radius 1 is 1.57 bits per heavy atom. The molecule has 0 aliphatic rings. The fourth-order valence-corrected chi connectivity index (χ4v) is 1.26. The molecule has 1 atom stereocenters. The predicted molar refractivity (Wildman–Crippen MR) is 55.5 cm³/mol. The van der Waals surface area contributed by atoms with Gasteiger partial charge in [-0.05, 0) is 17.9 Å². The second-order valence-electron chi connectivity index (χ2n) is 4.79. The van der Waals surface area contributed by atoms with Gasteiger partial charge in [0, 0.05) is 6.20 Å². The van der Waals surface area contributed by atoms with Gasteiger partial charge in [0.2, 0.25) is 0 Å². The molecule has 0 radical (unpaired) electrons. The number of nitriles is 1. The summed E-state index contributed by atoms with van der Waals surface area (Å²) in [4.78, 5) is 0. The summed E-state index contributed by atoms with van der Waals surface area (Å²) in [5.41, 5.74) is 1.14. The molecule has 0 bridgehead atoms. The molecule has 3 heteroatoms. The maximum absolute atomic E-state index is 9.04. The standard InChI is InChI=1S/C11H17N3/c1-9-6-13-14(7-9)8-10(5-12)11(2,3)4/h6-7,10H,8H2,1-4H3. The molecule has 1 rings (SSSR count). The molecular formula is C11H17N3. The van der Waals surface area contributed by atoms with Gasteiger partial charge in [0.1, 0.15) is 0 Å². The highest BCUT2D eigenvalue weighted by molar-refractivity contribution is 5.00. The quantitative estimate of drug-likeness (QED) is 0.720. The molecule has 0 spiro atoms. The first-order chi connectivity index (χ1) is 6.43. The second kappa shape index (κ2) is 3.83. The van der Waals surface area contributed by atoms with Crippen molar-refractivity contribution in [3.05, 3.63) is 18.0 Å². The molecule has 0 saturated heterocycles. The highest BCUT2D eigenvalue weighted by atomic mass is 15.3. The molecule has 76 valence electrons. The molecule has 0 amide bonds. The van der Waals surface area contributed by atoms with Gasteiger partial charge < -0.3 is 0 Å². The summed E-state index contributed by atoms with van der Waals surface area (Å²) in [5.74, 6) is 0.00167. The Bertz CT molecular complexity index is 338. The van der Waals surface area contributed by atoms with E-state index in [0.29, 0.717) is 6.54 Å². The minimum absolute atomic E-state index is 0.00167. The molecule has 0 fully saturated rings. The van der Waals surface area contributed by atoms with E-state index in [1.54, 1.807) is 0 Å². The van der Waals surface area contributed by atoms with E-state index in [-0.39, 0.29) is 11.3 Å². The van der Waals surface area contributed by atoms with Crippen LogP contribution in [-0.2, 0) is 6.54 Å². The van der Waals surface area contributed by atoms with Crippen LogP contribution in [0.1, 0.15) is 26.3 Å². The molecule has 1 unspecified atom stereocenters. The SMILES string of the molecule is Cc1cnn(CC(C#N)C(C)(C)C)c1. The van der Waals surface area contributed by atoms with E-state index in [9.17, 15) is 0 Å². The molecule has 1 aromatic rings. The number of rotatable bonds is 2. The summed E-state index contributed by atoms with van der Waals surface area (Å²) in [7, 11) is 0. The molecule has 0 saturated carbocycles. The van der Waals surface area contributed by atoms with Crippen LogP contribution in [0.4, 0.5) is 0 Å². The van der Waals surface area contributed by atoms with Crippen molar-refractivity contribution < 1.29 is 0 Å². The van der Waals surface area contributed by atoms with Crippen LogP contribution in [0.15, 0.2) is 12.4 Å². The number of hydrogen-bond donors (Lipinski definition) is 0. The van der Waals surface area contributed by atoms with Crippen LogP contribution in [0.25, 0.3) is 0 Å². The average molecular weight is 191 g/mol. The zero-order valence-electron chi connectivity index (χ0n) is 9.28. The Morgan fingerprint density at radius 3 is 2.57 bits per heavy atom. The number of aryl methyl sites for hydroxylation is 1. The highest BCUT2D eigenvalue weighted by Gasteiger charge is 2.24. The van der Waals surface area contributed by atoms with Gasteiger partial charge in [-0.1, -0.05) is 20.8 Å². The predicted octanol–water partition coefficient (Wildman–Crippen LogP) is 2.38. The van der Waals surface area contributed by atoms with E-state index in [0.717, 1.165) is 5.56 Å². The Hall–Kier alpha value is -1.30. The summed E-state index contributed by atoms with van der Waals surface area (Å²) < 4.78 is 1.84. The Balaban J connectivity index is 2.73. The van der Waals surface area contributed by atoms with Crippen LogP contribution in [0.5, 0.6) is 0 Å². The Morgan fingerprint density at radius 2 is 2.21 bits per heavy atom. The van der Waals surface area contributed by atoms with Crippen LogP contribution < -0.4 is 0 Å². The molecular weight excluding hydrogens is 174 g/mol. The van der Waals surface area contributed by atoms with E-state index in [1.165, 1.54) is 0 Å². The first kappa shape index (κ1) is 10.8. The first-order valence-corrected chi connectivity index (χ1v) is 4.82. The minimum Gasteiger partial charge on any atom is -0.271 e. The van der Waals surface area contributed by atoms with E-state index in [2.05, 4.69) is 31.9 Å². The lowest BCUT2D eigenvalue weighted by Crippen LogP contribution is -2.24. The molecule has 1 aromatic heterocycles. The molecule has 14 heavy (non-hydrogen) atoms. The molecule has 0 aliphatic heterocycles. The lowest BCUT2D eigenvalue weighted by molar-refractivity contribution is 0.263. The fraction of sp³-hybridized carbons (Fsp3) is 0.636. The largest absolute Gasteiger partial charge is 0.271 e. The summed E-state index contributed by atoms with van der Waals surface area (Å²) in [5, 5.41) is 13.2. The van der Waals surface area contributed by atoms with Crippen molar-refractivity contribution in [3.8, 4) is 6.07 Å². The molecule has 0 aromatic carbocycles. The van der Waals surface area contributed by atoms with E-state index < -0.39 is 0 Å². The molecule has 0 aliphatic carbocycles. The van der Waals surface area contributed by atoms with Crippen LogP contribution in [0, 0.1) is 29.6 Å².